The van der Waals surface area contributed by atoms with Crippen LogP contribution in [-0.2, 0) is 11.3 Å². The van der Waals surface area contributed by atoms with E-state index >= 15 is 0 Å². The van der Waals surface area contributed by atoms with Gasteiger partial charge in [0.15, 0.2) is 0 Å². The average Bonchev–Trinajstić information content (AvgIpc) is 2.87. The molecule has 0 radical (unpaired) electrons. The average molecular weight is 265 g/mol. The molecule has 0 saturated carbocycles. The van der Waals surface area contributed by atoms with E-state index in [1.54, 1.807) is 0 Å². The number of carboxylic acids is 1. The molecule has 2 aromatic rings. The van der Waals surface area contributed by atoms with Crippen LogP contribution in [-0.4, -0.2) is 26.8 Å². The van der Waals surface area contributed by atoms with Gasteiger partial charge in [0.1, 0.15) is 6.54 Å². The van der Waals surface area contributed by atoms with Crippen molar-refractivity contribution in [1.82, 2.24) is 9.78 Å². The van der Waals surface area contributed by atoms with Crippen molar-refractivity contribution >= 4 is 28.9 Å². The number of anilines is 1. The van der Waals surface area contributed by atoms with Gasteiger partial charge in [0.2, 0.25) is 0 Å². The number of aryl methyl sites for hydroxylation is 1. The quantitative estimate of drug-likeness (QED) is 0.879. The second kappa shape index (κ2) is 5.01. The standard InChI is InChI=1S/C11H11N3O3S/c1-7-2-3-18-10(7)11(17)13-8-4-12-14(5-8)6-9(15)16/h2-5H,6H2,1H3,(H,13,17)(H,15,16). The van der Waals surface area contributed by atoms with E-state index in [1.807, 2.05) is 18.4 Å². The minimum atomic E-state index is -0.981. The first-order valence-corrected chi connectivity index (χ1v) is 6.04. The van der Waals surface area contributed by atoms with Crippen molar-refractivity contribution < 1.29 is 14.7 Å². The number of thiophene rings is 1. The fourth-order valence-electron chi connectivity index (χ4n) is 1.45. The third kappa shape index (κ3) is 2.75. The molecule has 0 fully saturated rings. The van der Waals surface area contributed by atoms with Gasteiger partial charge in [-0.05, 0) is 23.9 Å². The van der Waals surface area contributed by atoms with Gasteiger partial charge in [-0.15, -0.1) is 11.3 Å². The van der Waals surface area contributed by atoms with E-state index in [9.17, 15) is 9.59 Å². The Labute approximate surface area is 107 Å². The highest BCUT2D eigenvalue weighted by Crippen LogP contribution is 2.17. The summed E-state index contributed by atoms with van der Waals surface area (Å²) in [4.78, 5) is 23.0. The molecule has 0 aliphatic carbocycles. The highest BCUT2D eigenvalue weighted by atomic mass is 32.1. The fourth-order valence-corrected chi connectivity index (χ4v) is 2.27. The maximum absolute atomic E-state index is 11.9. The highest BCUT2D eigenvalue weighted by molar-refractivity contribution is 7.12. The van der Waals surface area contributed by atoms with Crippen molar-refractivity contribution in [1.29, 1.82) is 0 Å². The molecule has 0 spiro atoms. The van der Waals surface area contributed by atoms with Gasteiger partial charge in [-0.3, -0.25) is 14.3 Å². The number of aromatic nitrogens is 2. The molecule has 0 unspecified atom stereocenters. The Balaban J connectivity index is 2.06. The van der Waals surface area contributed by atoms with Crippen LogP contribution < -0.4 is 5.32 Å². The number of nitrogens with one attached hydrogen (secondary N) is 1. The largest absolute Gasteiger partial charge is 0.480 e. The highest BCUT2D eigenvalue weighted by Gasteiger charge is 2.11. The van der Waals surface area contributed by atoms with Gasteiger partial charge < -0.3 is 10.4 Å². The number of aliphatic carboxylic acids is 1. The fraction of sp³-hybridized carbons (Fsp3) is 0.182. The predicted octanol–water partition coefficient (Wildman–Crippen LogP) is 1.59. The first-order valence-electron chi connectivity index (χ1n) is 5.16. The van der Waals surface area contributed by atoms with Crippen molar-refractivity contribution in [2.45, 2.75) is 13.5 Å². The summed E-state index contributed by atoms with van der Waals surface area (Å²) in [6, 6.07) is 1.87. The number of carboxylic acid groups (broad SMARTS) is 1. The number of carbonyl (C=O) groups excluding carboxylic acids is 1. The molecular weight excluding hydrogens is 254 g/mol. The van der Waals surface area contributed by atoms with Crippen LogP contribution in [0.4, 0.5) is 5.69 Å². The number of hydrogen-bond donors (Lipinski definition) is 2. The number of rotatable bonds is 4. The second-order valence-corrected chi connectivity index (χ2v) is 4.62. The lowest BCUT2D eigenvalue weighted by atomic mass is 10.3. The lowest BCUT2D eigenvalue weighted by Crippen LogP contribution is -2.11. The number of amides is 1. The topological polar surface area (TPSA) is 84.2 Å². The summed E-state index contributed by atoms with van der Waals surface area (Å²) in [6.07, 6.45) is 2.90. The van der Waals surface area contributed by atoms with Gasteiger partial charge in [-0.25, -0.2) is 0 Å². The molecule has 2 N–H and O–H groups in total. The summed E-state index contributed by atoms with van der Waals surface area (Å²) in [5, 5.41) is 17.0. The van der Waals surface area contributed by atoms with Crippen molar-refractivity contribution in [2.75, 3.05) is 5.32 Å². The number of hydrogen-bond acceptors (Lipinski definition) is 4. The van der Waals surface area contributed by atoms with E-state index in [-0.39, 0.29) is 12.5 Å². The van der Waals surface area contributed by atoms with Crippen molar-refractivity contribution in [3.63, 3.8) is 0 Å². The Kier molecular flexibility index (Phi) is 3.42. The van der Waals surface area contributed by atoms with E-state index in [4.69, 9.17) is 5.11 Å². The molecule has 0 bridgehead atoms. The molecule has 2 rings (SSSR count). The second-order valence-electron chi connectivity index (χ2n) is 3.71. The van der Waals surface area contributed by atoms with Crippen LogP contribution in [0.15, 0.2) is 23.8 Å². The molecule has 2 heterocycles. The van der Waals surface area contributed by atoms with Gasteiger partial charge in [0.25, 0.3) is 5.91 Å². The molecule has 2 aromatic heterocycles. The van der Waals surface area contributed by atoms with E-state index in [2.05, 4.69) is 10.4 Å². The van der Waals surface area contributed by atoms with Crippen LogP contribution >= 0.6 is 11.3 Å². The maximum atomic E-state index is 11.9. The van der Waals surface area contributed by atoms with Gasteiger partial charge in [0.05, 0.1) is 16.8 Å². The zero-order valence-corrected chi connectivity index (χ0v) is 10.4. The molecule has 0 aliphatic heterocycles. The third-order valence-electron chi connectivity index (χ3n) is 2.26. The summed E-state index contributed by atoms with van der Waals surface area (Å²) in [5.41, 5.74) is 1.39. The summed E-state index contributed by atoms with van der Waals surface area (Å²) in [5.74, 6) is -1.19. The van der Waals surface area contributed by atoms with Crippen LogP contribution in [0.2, 0.25) is 0 Å². The Morgan fingerprint density at radius 1 is 1.56 bits per heavy atom. The van der Waals surface area contributed by atoms with E-state index in [1.165, 1.54) is 28.4 Å². The molecule has 0 aliphatic rings. The maximum Gasteiger partial charge on any atom is 0.325 e. The molecule has 7 heteroatoms. The van der Waals surface area contributed by atoms with Gasteiger partial charge in [0, 0.05) is 6.20 Å². The number of nitrogens with zero attached hydrogens (tertiary/aromatic N) is 2. The summed E-state index contributed by atoms with van der Waals surface area (Å²) < 4.78 is 1.25. The first-order chi connectivity index (χ1) is 8.56. The van der Waals surface area contributed by atoms with E-state index < -0.39 is 5.97 Å². The summed E-state index contributed by atoms with van der Waals surface area (Å²) in [7, 11) is 0. The molecular formula is C11H11N3O3S. The van der Waals surface area contributed by atoms with E-state index in [0.29, 0.717) is 10.6 Å². The summed E-state index contributed by atoms with van der Waals surface area (Å²) >= 11 is 1.36. The molecule has 0 atom stereocenters. The lowest BCUT2D eigenvalue weighted by molar-refractivity contribution is -0.137. The summed E-state index contributed by atoms with van der Waals surface area (Å²) in [6.45, 7) is 1.63. The van der Waals surface area contributed by atoms with Crippen molar-refractivity contribution in [2.24, 2.45) is 0 Å². The molecule has 1 amide bonds. The third-order valence-corrected chi connectivity index (χ3v) is 3.27. The minimum Gasteiger partial charge on any atom is -0.480 e. The van der Waals surface area contributed by atoms with Crippen LogP contribution in [0.3, 0.4) is 0 Å². The normalized spacial score (nSPS) is 10.3. The monoisotopic (exact) mass is 265 g/mol. The Hall–Kier alpha value is -2.15. The molecule has 18 heavy (non-hydrogen) atoms. The van der Waals surface area contributed by atoms with Crippen LogP contribution in [0.25, 0.3) is 0 Å². The smallest absolute Gasteiger partial charge is 0.325 e. The molecule has 94 valence electrons. The zero-order valence-electron chi connectivity index (χ0n) is 9.58. The predicted molar refractivity (Wildman–Crippen MR) is 66.9 cm³/mol. The lowest BCUT2D eigenvalue weighted by Gasteiger charge is -2.00. The first kappa shape index (κ1) is 12.3. The van der Waals surface area contributed by atoms with Gasteiger partial charge in [-0.2, -0.15) is 5.10 Å². The Morgan fingerprint density at radius 3 is 2.94 bits per heavy atom. The molecule has 0 aromatic carbocycles. The van der Waals surface area contributed by atoms with Crippen molar-refractivity contribution in [3.8, 4) is 0 Å². The van der Waals surface area contributed by atoms with Gasteiger partial charge >= 0.3 is 5.97 Å². The zero-order chi connectivity index (χ0) is 13.1. The molecule has 6 nitrogen and oxygen atoms in total. The van der Waals surface area contributed by atoms with Gasteiger partial charge in [-0.1, -0.05) is 0 Å². The SMILES string of the molecule is Cc1ccsc1C(=O)Nc1cnn(CC(=O)O)c1. The van der Waals surface area contributed by atoms with Crippen LogP contribution in [0, 0.1) is 6.92 Å². The van der Waals surface area contributed by atoms with Crippen molar-refractivity contribution in [3.05, 3.63) is 34.3 Å². The Morgan fingerprint density at radius 2 is 2.33 bits per heavy atom. The van der Waals surface area contributed by atoms with Crippen LogP contribution in [0.5, 0.6) is 0 Å². The van der Waals surface area contributed by atoms with E-state index in [0.717, 1.165) is 5.56 Å². The van der Waals surface area contributed by atoms with Crippen LogP contribution in [0.1, 0.15) is 15.2 Å². The molecule has 0 saturated heterocycles. The minimum absolute atomic E-state index is 0.211. The Bertz CT molecular complexity index is 588. The number of carbonyl (C=O) groups is 2.